The highest BCUT2D eigenvalue weighted by atomic mass is 16.6. The Hall–Kier alpha value is -1.85. The number of hydrogen-bond acceptors (Lipinski definition) is 5. The molecule has 0 aliphatic rings. The zero-order valence-corrected chi connectivity index (χ0v) is 12.2. The van der Waals surface area contributed by atoms with Gasteiger partial charge in [0.25, 0.3) is 0 Å². The number of ether oxygens (including phenoxy) is 1. The van der Waals surface area contributed by atoms with Crippen LogP contribution in [-0.4, -0.2) is 28.4 Å². The summed E-state index contributed by atoms with van der Waals surface area (Å²) in [5, 5.41) is 13.5. The van der Waals surface area contributed by atoms with Crippen molar-refractivity contribution in [3.63, 3.8) is 0 Å². The second-order valence-corrected chi connectivity index (χ2v) is 5.71. The van der Waals surface area contributed by atoms with E-state index in [1.165, 1.54) is 0 Å². The topological polar surface area (TPSA) is 76.1 Å². The molecule has 1 amide bonds. The van der Waals surface area contributed by atoms with Crippen molar-refractivity contribution in [2.24, 2.45) is 5.92 Å². The number of amides is 1. The maximum Gasteiger partial charge on any atom is 0.413 e. The zero-order chi connectivity index (χ0) is 14.5. The lowest BCUT2D eigenvalue weighted by atomic mass is 10.2. The van der Waals surface area contributed by atoms with E-state index in [0.29, 0.717) is 17.6 Å². The van der Waals surface area contributed by atoms with Gasteiger partial charge in [0.1, 0.15) is 11.4 Å². The van der Waals surface area contributed by atoms with Crippen LogP contribution in [0.3, 0.4) is 0 Å². The highest BCUT2D eigenvalue weighted by Crippen LogP contribution is 2.11. The van der Waals surface area contributed by atoms with Crippen LogP contribution in [0, 0.1) is 5.92 Å². The van der Waals surface area contributed by atoms with Crippen LogP contribution in [0.5, 0.6) is 0 Å². The van der Waals surface area contributed by atoms with Crippen molar-refractivity contribution in [3.05, 3.63) is 12.1 Å². The van der Waals surface area contributed by atoms with Gasteiger partial charge in [0, 0.05) is 6.54 Å². The molecule has 1 aromatic heterocycles. The molecule has 0 bridgehead atoms. The smallest absolute Gasteiger partial charge is 0.413 e. The molecule has 106 valence electrons. The van der Waals surface area contributed by atoms with Crippen molar-refractivity contribution in [2.75, 3.05) is 17.2 Å². The fraction of sp³-hybridized carbons (Fsp3) is 0.615. The summed E-state index contributed by atoms with van der Waals surface area (Å²) in [6.45, 7) is 10.5. The predicted molar refractivity (Wildman–Crippen MR) is 75.2 cm³/mol. The highest BCUT2D eigenvalue weighted by Gasteiger charge is 2.16. The molecule has 0 saturated carbocycles. The van der Waals surface area contributed by atoms with Gasteiger partial charge < -0.3 is 10.1 Å². The molecular weight excluding hydrogens is 244 g/mol. The first-order chi connectivity index (χ1) is 8.76. The molecule has 2 N–H and O–H groups in total. The third kappa shape index (κ3) is 6.59. The van der Waals surface area contributed by atoms with E-state index in [4.69, 9.17) is 4.74 Å². The van der Waals surface area contributed by atoms with Gasteiger partial charge in [-0.25, -0.2) is 4.79 Å². The lowest BCUT2D eigenvalue weighted by Gasteiger charge is -2.19. The fourth-order valence-corrected chi connectivity index (χ4v) is 1.21. The van der Waals surface area contributed by atoms with E-state index in [1.54, 1.807) is 32.9 Å². The number of nitrogens with zero attached hydrogens (tertiary/aromatic N) is 2. The van der Waals surface area contributed by atoms with E-state index in [-0.39, 0.29) is 0 Å². The Morgan fingerprint density at radius 3 is 2.32 bits per heavy atom. The molecule has 0 aliphatic heterocycles. The van der Waals surface area contributed by atoms with E-state index >= 15 is 0 Å². The third-order valence-electron chi connectivity index (χ3n) is 1.98. The van der Waals surface area contributed by atoms with Crippen LogP contribution in [0.15, 0.2) is 12.1 Å². The van der Waals surface area contributed by atoms with E-state index in [9.17, 15) is 4.79 Å². The number of carbonyl (C=O) groups is 1. The Balaban J connectivity index is 2.50. The van der Waals surface area contributed by atoms with Crippen molar-refractivity contribution in [1.29, 1.82) is 0 Å². The molecule has 0 spiro atoms. The van der Waals surface area contributed by atoms with E-state index in [1.807, 2.05) is 0 Å². The number of aromatic nitrogens is 2. The van der Waals surface area contributed by atoms with Crippen LogP contribution in [0.25, 0.3) is 0 Å². The van der Waals surface area contributed by atoms with Crippen molar-refractivity contribution in [3.8, 4) is 0 Å². The minimum Gasteiger partial charge on any atom is -0.444 e. The van der Waals surface area contributed by atoms with Crippen molar-refractivity contribution in [1.82, 2.24) is 10.2 Å². The van der Waals surface area contributed by atoms with Gasteiger partial charge in [-0.15, -0.1) is 10.2 Å². The van der Waals surface area contributed by atoms with Crippen molar-refractivity contribution in [2.45, 2.75) is 40.2 Å². The third-order valence-corrected chi connectivity index (χ3v) is 1.98. The summed E-state index contributed by atoms with van der Waals surface area (Å²) in [7, 11) is 0. The van der Waals surface area contributed by atoms with E-state index in [2.05, 4.69) is 34.7 Å². The van der Waals surface area contributed by atoms with Crippen LogP contribution >= 0.6 is 0 Å². The quantitative estimate of drug-likeness (QED) is 0.876. The monoisotopic (exact) mass is 266 g/mol. The van der Waals surface area contributed by atoms with Crippen LogP contribution in [0.2, 0.25) is 0 Å². The molecule has 0 aromatic carbocycles. The Kier molecular flexibility index (Phi) is 5.09. The maximum atomic E-state index is 11.5. The summed E-state index contributed by atoms with van der Waals surface area (Å²) in [6.07, 6.45) is -0.537. The Labute approximate surface area is 113 Å². The summed E-state index contributed by atoms with van der Waals surface area (Å²) in [4.78, 5) is 11.5. The number of carbonyl (C=O) groups excluding carboxylic acids is 1. The lowest BCUT2D eigenvalue weighted by Crippen LogP contribution is -2.27. The maximum absolute atomic E-state index is 11.5. The molecule has 0 saturated heterocycles. The van der Waals surface area contributed by atoms with Crippen molar-refractivity contribution < 1.29 is 9.53 Å². The standard InChI is InChI=1S/C13H22N4O2/c1-9(2)8-14-10-6-7-11(17-16-10)15-12(18)19-13(3,4)5/h6-7,9H,8H2,1-5H3,(H,14,16)(H,15,17,18). The molecule has 19 heavy (non-hydrogen) atoms. The van der Waals surface area contributed by atoms with E-state index < -0.39 is 11.7 Å². The molecule has 0 fully saturated rings. The van der Waals surface area contributed by atoms with Crippen LogP contribution < -0.4 is 10.6 Å². The molecule has 6 heteroatoms. The second kappa shape index (κ2) is 6.36. The molecule has 0 unspecified atom stereocenters. The molecule has 0 radical (unpaired) electrons. The number of hydrogen-bond donors (Lipinski definition) is 2. The number of anilines is 2. The molecular formula is C13H22N4O2. The minimum absolute atomic E-state index is 0.365. The van der Waals surface area contributed by atoms with Crippen molar-refractivity contribution >= 4 is 17.7 Å². The molecule has 1 heterocycles. The summed E-state index contributed by atoms with van der Waals surface area (Å²) in [6, 6.07) is 3.45. The molecule has 6 nitrogen and oxygen atoms in total. The first-order valence-electron chi connectivity index (χ1n) is 6.34. The summed E-state index contributed by atoms with van der Waals surface area (Å²) in [5.74, 6) is 1.58. The summed E-state index contributed by atoms with van der Waals surface area (Å²) < 4.78 is 5.12. The largest absolute Gasteiger partial charge is 0.444 e. The second-order valence-electron chi connectivity index (χ2n) is 5.71. The Bertz CT molecular complexity index is 410. The average molecular weight is 266 g/mol. The van der Waals surface area contributed by atoms with Gasteiger partial charge in [0.2, 0.25) is 0 Å². The fourth-order valence-electron chi connectivity index (χ4n) is 1.21. The van der Waals surface area contributed by atoms with Gasteiger partial charge in [-0.1, -0.05) is 13.8 Å². The molecule has 1 rings (SSSR count). The molecule has 1 aromatic rings. The van der Waals surface area contributed by atoms with Gasteiger partial charge in [0.15, 0.2) is 5.82 Å². The summed E-state index contributed by atoms with van der Waals surface area (Å²) >= 11 is 0. The lowest BCUT2D eigenvalue weighted by molar-refractivity contribution is 0.0635. The summed E-state index contributed by atoms with van der Waals surface area (Å²) in [5.41, 5.74) is -0.531. The predicted octanol–water partition coefficient (Wildman–Crippen LogP) is 2.89. The Morgan fingerprint density at radius 1 is 1.26 bits per heavy atom. The average Bonchev–Trinajstić information content (AvgIpc) is 2.25. The Morgan fingerprint density at radius 2 is 1.84 bits per heavy atom. The van der Waals surface area contributed by atoms with Gasteiger partial charge >= 0.3 is 6.09 Å². The SMILES string of the molecule is CC(C)CNc1ccc(NC(=O)OC(C)(C)C)nn1. The number of rotatable bonds is 4. The van der Waals surface area contributed by atoms with Crippen LogP contribution in [0.4, 0.5) is 16.4 Å². The minimum atomic E-state index is -0.537. The van der Waals surface area contributed by atoms with Crippen LogP contribution in [0.1, 0.15) is 34.6 Å². The first kappa shape index (κ1) is 15.2. The normalized spacial score (nSPS) is 11.3. The highest BCUT2D eigenvalue weighted by molar-refractivity contribution is 5.83. The van der Waals surface area contributed by atoms with Crippen LogP contribution in [-0.2, 0) is 4.74 Å². The van der Waals surface area contributed by atoms with E-state index in [0.717, 1.165) is 6.54 Å². The van der Waals surface area contributed by atoms with Gasteiger partial charge in [-0.05, 0) is 38.8 Å². The first-order valence-corrected chi connectivity index (χ1v) is 6.34. The zero-order valence-electron chi connectivity index (χ0n) is 12.2. The molecule has 0 aliphatic carbocycles. The van der Waals surface area contributed by atoms with Gasteiger partial charge in [0.05, 0.1) is 0 Å². The van der Waals surface area contributed by atoms with Gasteiger partial charge in [-0.3, -0.25) is 5.32 Å². The molecule has 0 atom stereocenters. The van der Waals surface area contributed by atoms with Gasteiger partial charge in [-0.2, -0.15) is 0 Å². The number of nitrogens with one attached hydrogen (secondary N) is 2.